The first kappa shape index (κ1) is 19.0. The zero-order valence-electron chi connectivity index (χ0n) is 14.6. The molecular weight excluding hydrogens is 342 g/mol. The summed E-state index contributed by atoms with van der Waals surface area (Å²) >= 11 is 6.21. The van der Waals surface area contributed by atoms with Gasteiger partial charge in [-0.3, -0.25) is 9.59 Å². The number of aryl methyl sites for hydroxylation is 1. The Morgan fingerprint density at radius 2 is 2.00 bits per heavy atom. The maximum absolute atomic E-state index is 12.8. The monoisotopic (exact) mass is 363 g/mol. The van der Waals surface area contributed by atoms with Crippen molar-refractivity contribution in [1.29, 1.82) is 0 Å². The summed E-state index contributed by atoms with van der Waals surface area (Å²) in [6.07, 6.45) is -0.0946. The number of hydrogen-bond acceptors (Lipinski definition) is 3. The highest BCUT2D eigenvalue weighted by Gasteiger charge is 2.22. The molecule has 25 heavy (non-hydrogen) atoms. The summed E-state index contributed by atoms with van der Waals surface area (Å²) in [5.74, 6) is -0.979. The molecule has 0 unspecified atom stereocenters. The topological polar surface area (TPSA) is 75.4 Å². The van der Waals surface area contributed by atoms with E-state index >= 15 is 0 Å². The minimum Gasteiger partial charge on any atom is -0.481 e. The number of benzene rings is 1. The Balaban J connectivity index is 2.30. The molecule has 0 saturated heterocycles. The summed E-state index contributed by atoms with van der Waals surface area (Å²) < 4.78 is 1.63. The summed E-state index contributed by atoms with van der Waals surface area (Å²) in [6, 6.07) is 8.96. The maximum atomic E-state index is 12.8. The van der Waals surface area contributed by atoms with Crippen LogP contribution in [-0.2, 0) is 4.79 Å². The molecular formula is C18H22ClN3O3. The second-order valence-electron chi connectivity index (χ2n) is 6.32. The van der Waals surface area contributed by atoms with E-state index in [0.29, 0.717) is 17.3 Å². The van der Waals surface area contributed by atoms with Crippen molar-refractivity contribution < 1.29 is 14.7 Å². The maximum Gasteiger partial charge on any atom is 0.305 e. The molecule has 0 aliphatic rings. The van der Waals surface area contributed by atoms with Gasteiger partial charge < -0.3 is 10.0 Å². The molecule has 1 N–H and O–H groups in total. The van der Waals surface area contributed by atoms with Crippen LogP contribution in [0.1, 0.15) is 36.5 Å². The van der Waals surface area contributed by atoms with Gasteiger partial charge in [-0.15, -0.1) is 0 Å². The van der Waals surface area contributed by atoms with E-state index in [9.17, 15) is 9.59 Å². The van der Waals surface area contributed by atoms with Gasteiger partial charge in [0, 0.05) is 18.8 Å². The molecule has 1 aromatic heterocycles. The number of nitrogens with zero attached hydrogens (tertiary/aromatic N) is 3. The Morgan fingerprint density at radius 3 is 2.60 bits per heavy atom. The highest BCUT2D eigenvalue weighted by atomic mass is 35.5. The van der Waals surface area contributed by atoms with Crippen LogP contribution < -0.4 is 0 Å². The van der Waals surface area contributed by atoms with E-state index in [0.717, 1.165) is 5.69 Å². The van der Waals surface area contributed by atoms with Crippen molar-refractivity contribution in [2.24, 2.45) is 5.92 Å². The molecule has 2 aromatic rings. The van der Waals surface area contributed by atoms with Gasteiger partial charge in [-0.25, -0.2) is 4.68 Å². The molecule has 0 bridgehead atoms. The molecule has 0 atom stereocenters. The Hall–Kier alpha value is -2.34. The number of para-hydroxylation sites is 1. The van der Waals surface area contributed by atoms with Crippen molar-refractivity contribution in [3.05, 3.63) is 46.7 Å². The van der Waals surface area contributed by atoms with Gasteiger partial charge in [0.1, 0.15) is 0 Å². The third-order valence-electron chi connectivity index (χ3n) is 3.66. The van der Waals surface area contributed by atoms with Crippen LogP contribution >= 0.6 is 11.6 Å². The van der Waals surface area contributed by atoms with E-state index < -0.39 is 5.97 Å². The van der Waals surface area contributed by atoms with E-state index in [1.165, 1.54) is 4.90 Å². The van der Waals surface area contributed by atoms with Crippen LogP contribution in [0, 0.1) is 12.8 Å². The van der Waals surface area contributed by atoms with Crippen molar-refractivity contribution in [3.63, 3.8) is 0 Å². The van der Waals surface area contributed by atoms with E-state index in [1.54, 1.807) is 16.8 Å². The van der Waals surface area contributed by atoms with Crippen LogP contribution in [0.3, 0.4) is 0 Å². The van der Waals surface area contributed by atoms with Gasteiger partial charge in [-0.1, -0.05) is 37.6 Å². The smallest absolute Gasteiger partial charge is 0.305 e. The fourth-order valence-corrected chi connectivity index (χ4v) is 2.77. The lowest BCUT2D eigenvalue weighted by molar-refractivity contribution is -0.137. The second-order valence-corrected chi connectivity index (χ2v) is 6.73. The van der Waals surface area contributed by atoms with Crippen LogP contribution in [0.25, 0.3) is 5.69 Å². The molecule has 0 fully saturated rings. The summed E-state index contributed by atoms with van der Waals surface area (Å²) in [4.78, 5) is 25.2. The average molecular weight is 364 g/mol. The number of hydrogen-bond donors (Lipinski definition) is 1. The van der Waals surface area contributed by atoms with Crippen LogP contribution in [0.4, 0.5) is 0 Å². The number of carboxylic acid groups (broad SMARTS) is 1. The minimum atomic E-state index is -0.931. The zero-order chi connectivity index (χ0) is 18.6. The Kier molecular flexibility index (Phi) is 6.20. The lowest BCUT2D eigenvalue weighted by Gasteiger charge is -2.23. The zero-order valence-corrected chi connectivity index (χ0v) is 15.3. The van der Waals surface area contributed by atoms with Crippen molar-refractivity contribution in [3.8, 4) is 5.69 Å². The molecule has 2 rings (SSSR count). The summed E-state index contributed by atoms with van der Waals surface area (Å²) in [7, 11) is 0. The molecule has 0 saturated carbocycles. The number of rotatable bonds is 7. The molecule has 7 heteroatoms. The van der Waals surface area contributed by atoms with Crippen LogP contribution in [0.5, 0.6) is 0 Å². The van der Waals surface area contributed by atoms with Crippen molar-refractivity contribution in [2.45, 2.75) is 27.2 Å². The van der Waals surface area contributed by atoms with E-state index in [-0.39, 0.29) is 30.5 Å². The van der Waals surface area contributed by atoms with Gasteiger partial charge in [0.05, 0.1) is 17.1 Å². The molecule has 0 aliphatic heterocycles. The van der Waals surface area contributed by atoms with Gasteiger partial charge in [0.25, 0.3) is 5.91 Å². The van der Waals surface area contributed by atoms with E-state index in [1.807, 2.05) is 39.0 Å². The number of carbonyl (C=O) groups excluding carboxylic acids is 1. The van der Waals surface area contributed by atoms with Gasteiger partial charge in [0.15, 0.2) is 5.69 Å². The average Bonchev–Trinajstić information content (AvgIpc) is 2.92. The third kappa shape index (κ3) is 4.82. The normalized spacial score (nSPS) is 10.9. The predicted molar refractivity (Wildman–Crippen MR) is 96.3 cm³/mol. The van der Waals surface area contributed by atoms with Gasteiger partial charge >= 0.3 is 5.97 Å². The van der Waals surface area contributed by atoms with Gasteiger partial charge in [-0.05, 0) is 31.0 Å². The summed E-state index contributed by atoms with van der Waals surface area (Å²) in [5.41, 5.74) is 1.75. The molecule has 1 amide bonds. The quantitative estimate of drug-likeness (QED) is 0.817. The number of carboxylic acids is 1. The second kappa shape index (κ2) is 8.16. The largest absolute Gasteiger partial charge is 0.481 e. The molecule has 6 nitrogen and oxygen atoms in total. The Bertz CT molecular complexity index is 771. The van der Waals surface area contributed by atoms with Crippen LogP contribution in [-0.4, -0.2) is 44.8 Å². The highest BCUT2D eigenvalue weighted by molar-refractivity contribution is 6.32. The lowest BCUT2D eigenvalue weighted by atomic mass is 10.2. The van der Waals surface area contributed by atoms with Crippen molar-refractivity contribution >= 4 is 23.5 Å². The van der Waals surface area contributed by atoms with Gasteiger partial charge in [-0.2, -0.15) is 5.10 Å². The molecule has 1 heterocycles. The number of carbonyl (C=O) groups is 2. The predicted octanol–water partition coefficient (Wildman–Crippen LogP) is 3.41. The van der Waals surface area contributed by atoms with Crippen molar-refractivity contribution in [1.82, 2.24) is 14.7 Å². The first-order valence-corrected chi connectivity index (χ1v) is 8.50. The number of halogens is 1. The number of aromatic nitrogens is 2. The Labute approximate surface area is 152 Å². The summed E-state index contributed by atoms with van der Waals surface area (Å²) in [5, 5.41) is 13.8. The number of amides is 1. The highest BCUT2D eigenvalue weighted by Crippen LogP contribution is 2.21. The fraction of sp³-hybridized carbons (Fsp3) is 0.389. The lowest BCUT2D eigenvalue weighted by Crippen LogP contribution is -2.36. The van der Waals surface area contributed by atoms with E-state index in [4.69, 9.17) is 16.7 Å². The van der Waals surface area contributed by atoms with Crippen molar-refractivity contribution in [2.75, 3.05) is 13.1 Å². The number of aliphatic carboxylic acids is 1. The third-order valence-corrected chi connectivity index (χ3v) is 3.98. The SMILES string of the molecule is Cc1cc(C(=O)N(CCC(=O)O)CC(C)C)nn1-c1ccccc1Cl. The molecule has 0 radical (unpaired) electrons. The first-order valence-electron chi connectivity index (χ1n) is 8.12. The Morgan fingerprint density at radius 1 is 1.32 bits per heavy atom. The molecule has 0 aliphatic carbocycles. The van der Waals surface area contributed by atoms with Crippen LogP contribution in [0.2, 0.25) is 5.02 Å². The fourth-order valence-electron chi connectivity index (χ4n) is 2.56. The van der Waals surface area contributed by atoms with E-state index in [2.05, 4.69) is 5.10 Å². The summed E-state index contributed by atoms with van der Waals surface area (Å²) in [6.45, 7) is 6.44. The molecule has 1 aromatic carbocycles. The standard InChI is InChI=1S/C18H22ClN3O3/c1-12(2)11-21(9-8-17(23)24)18(25)15-10-13(3)22(20-15)16-7-5-4-6-14(16)19/h4-7,10,12H,8-9,11H2,1-3H3,(H,23,24). The first-order chi connectivity index (χ1) is 11.8. The van der Waals surface area contributed by atoms with Gasteiger partial charge in [0.2, 0.25) is 0 Å². The van der Waals surface area contributed by atoms with Crippen LogP contribution in [0.15, 0.2) is 30.3 Å². The molecule has 134 valence electrons. The molecule has 0 spiro atoms. The minimum absolute atomic E-state index is 0.0946.